The lowest BCUT2D eigenvalue weighted by Crippen LogP contribution is -2.60. The molecule has 158 valence electrons. The van der Waals surface area contributed by atoms with E-state index >= 15 is 0 Å². The lowest BCUT2D eigenvalue weighted by Gasteiger charge is -2.42. The lowest BCUT2D eigenvalue weighted by molar-refractivity contribution is -0.315. The Bertz CT molecular complexity index is 493. The van der Waals surface area contributed by atoms with Gasteiger partial charge >= 0.3 is 0 Å². The number of amides is 1. The van der Waals surface area contributed by atoms with Crippen LogP contribution in [-0.2, 0) is 14.3 Å². The zero-order chi connectivity index (χ0) is 20.4. The first kappa shape index (κ1) is 22.5. The first-order valence-corrected chi connectivity index (χ1v) is 9.81. The summed E-state index contributed by atoms with van der Waals surface area (Å²) < 4.78 is 11.5. The van der Waals surface area contributed by atoms with Crippen molar-refractivity contribution in [3.8, 4) is 0 Å². The third-order valence-corrected chi connectivity index (χ3v) is 5.29. The second-order valence-corrected chi connectivity index (χ2v) is 8.99. The van der Waals surface area contributed by atoms with Crippen LogP contribution in [0.15, 0.2) is 0 Å². The Labute approximate surface area is 160 Å². The lowest BCUT2D eigenvalue weighted by atomic mass is 9.92. The second-order valence-electron chi connectivity index (χ2n) is 8.99. The molecule has 8 unspecified atom stereocenters. The minimum atomic E-state index is -1.49. The molecule has 1 aliphatic heterocycles. The maximum Gasteiger partial charge on any atom is 0.226 e. The van der Waals surface area contributed by atoms with Crippen LogP contribution in [0.3, 0.4) is 0 Å². The third kappa shape index (κ3) is 5.85. The summed E-state index contributed by atoms with van der Waals surface area (Å²) >= 11 is 0. The van der Waals surface area contributed by atoms with Crippen LogP contribution in [-0.4, -0.2) is 75.3 Å². The normalized spacial score (nSPS) is 41.0. The van der Waals surface area contributed by atoms with Crippen molar-refractivity contribution in [2.24, 2.45) is 11.8 Å². The maximum absolute atomic E-state index is 12.8. The highest BCUT2D eigenvalue weighted by Gasteiger charge is 2.46. The van der Waals surface area contributed by atoms with Gasteiger partial charge in [0, 0.05) is 5.54 Å². The van der Waals surface area contributed by atoms with Gasteiger partial charge in [0.25, 0.3) is 0 Å². The number of aliphatic hydroxyl groups is 4. The number of carbonyl (C=O) groups is 1. The Kier molecular flexibility index (Phi) is 7.63. The van der Waals surface area contributed by atoms with Crippen molar-refractivity contribution in [1.82, 2.24) is 5.32 Å². The van der Waals surface area contributed by atoms with Crippen LogP contribution in [0.25, 0.3) is 0 Å². The van der Waals surface area contributed by atoms with Crippen molar-refractivity contribution in [3.63, 3.8) is 0 Å². The Hall–Kier alpha value is -0.770. The fourth-order valence-corrected chi connectivity index (χ4v) is 3.82. The fraction of sp³-hybridized carbons (Fsp3) is 0.947. The monoisotopic (exact) mass is 389 g/mol. The molecule has 8 heteroatoms. The number of nitrogens with one attached hydrogen (secondary N) is 1. The smallest absolute Gasteiger partial charge is 0.226 e. The molecule has 0 bridgehead atoms. The van der Waals surface area contributed by atoms with Crippen LogP contribution in [0.2, 0.25) is 0 Å². The minimum Gasteiger partial charge on any atom is -0.394 e. The van der Waals surface area contributed by atoms with Gasteiger partial charge in [-0.15, -0.1) is 0 Å². The Morgan fingerprint density at radius 2 is 1.81 bits per heavy atom. The molecule has 0 radical (unpaired) electrons. The summed E-state index contributed by atoms with van der Waals surface area (Å²) in [5.41, 5.74) is -0.372. The molecule has 0 spiro atoms. The van der Waals surface area contributed by atoms with E-state index in [1.54, 1.807) is 0 Å². The van der Waals surface area contributed by atoms with Gasteiger partial charge in [-0.2, -0.15) is 0 Å². The average molecular weight is 389 g/mol. The molecule has 0 aromatic carbocycles. The van der Waals surface area contributed by atoms with Gasteiger partial charge in [-0.1, -0.05) is 19.8 Å². The topological polar surface area (TPSA) is 128 Å². The van der Waals surface area contributed by atoms with Crippen molar-refractivity contribution in [2.45, 2.75) is 95.7 Å². The van der Waals surface area contributed by atoms with E-state index in [4.69, 9.17) is 9.47 Å². The molecule has 2 rings (SSSR count). The predicted molar refractivity (Wildman–Crippen MR) is 97.7 cm³/mol. The molecule has 5 N–H and O–H groups in total. The van der Waals surface area contributed by atoms with Crippen molar-refractivity contribution in [1.29, 1.82) is 0 Å². The molecule has 1 saturated carbocycles. The maximum atomic E-state index is 12.8. The summed E-state index contributed by atoms with van der Waals surface area (Å²) in [7, 11) is 0. The fourth-order valence-electron chi connectivity index (χ4n) is 3.82. The van der Waals surface area contributed by atoms with E-state index in [0.29, 0.717) is 18.8 Å². The van der Waals surface area contributed by atoms with E-state index in [2.05, 4.69) is 12.2 Å². The highest BCUT2D eigenvalue weighted by molar-refractivity contribution is 5.80. The highest BCUT2D eigenvalue weighted by Crippen LogP contribution is 2.33. The Morgan fingerprint density at radius 3 is 2.41 bits per heavy atom. The molecular weight excluding hydrogens is 354 g/mol. The number of ether oxygens (including phenoxy) is 2. The van der Waals surface area contributed by atoms with Crippen LogP contribution in [0.4, 0.5) is 0 Å². The van der Waals surface area contributed by atoms with E-state index in [-0.39, 0.29) is 11.4 Å². The van der Waals surface area contributed by atoms with Crippen LogP contribution in [0.1, 0.15) is 53.4 Å². The van der Waals surface area contributed by atoms with Gasteiger partial charge in [-0.25, -0.2) is 0 Å². The predicted octanol–water partition coefficient (Wildman–Crippen LogP) is -0.0875. The van der Waals surface area contributed by atoms with Crippen molar-refractivity contribution >= 4 is 5.91 Å². The Balaban J connectivity index is 2.16. The molecule has 1 amide bonds. The molecule has 2 aliphatic rings. The first-order valence-electron chi connectivity index (χ1n) is 9.81. The molecule has 8 nitrogen and oxygen atoms in total. The van der Waals surface area contributed by atoms with Gasteiger partial charge in [0.2, 0.25) is 5.91 Å². The summed E-state index contributed by atoms with van der Waals surface area (Å²) in [5.74, 6) is -0.167. The molecule has 8 atom stereocenters. The summed E-state index contributed by atoms with van der Waals surface area (Å²) in [5, 5.41) is 42.5. The first-order chi connectivity index (χ1) is 12.5. The number of rotatable bonds is 4. The highest BCUT2D eigenvalue weighted by atomic mass is 16.7. The molecule has 1 aliphatic carbocycles. The zero-order valence-corrected chi connectivity index (χ0v) is 16.7. The van der Waals surface area contributed by atoms with Crippen LogP contribution < -0.4 is 5.32 Å². The second kappa shape index (κ2) is 9.15. The quantitative estimate of drug-likeness (QED) is 0.425. The number of carbonyl (C=O) groups excluding carboxylic acids is 1. The van der Waals surface area contributed by atoms with Gasteiger partial charge in [0.1, 0.15) is 24.4 Å². The average Bonchev–Trinajstić information content (AvgIpc) is 2.75. The van der Waals surface area contributed by atoms with Crippen molar-refractivity contribution in [2.75, 3.05) is 6.61 Å². The van der Waals surface area contributed by atoms with Gasteiger partial charge < -0.3 is 35.2 Å². The van der Waals surface area contributed by atoms with E-state index in [1.807, 2.05) is 20.8 Å². The SMILES string of the molecule is CC1CCCC(C(=O)NC(C)(C)C)C(OC2OC(CO)C(O)C(O)C2O)C1. The Morgan fingerprint density at radius 1 is 1.15 bits per heavy atom. The zero-order valence-electron chi connectivity index (χ0n) is 16.7. The molecule has 1 heterocycles. The molecule has 27 heavy (non-hydrogen) atoms. The van der Waals surface area contributed by atoms with Crippen molar-refractivity contribution < 1.29 is 34.7 Å². The molecule has 2 fully saturated rings. The number of aliphatic hydroxyl groups excluding tert-OH is 4. The van der Waals surface area contributed by atoms with E-state index < -0.39 is 49.3 Å². The largest absolute Gasteiger partial charge is 0.394 e. The molecular formula is C19H35NO7. The van der Waals surface area contributed by atoms with Gasteiger partial charge in [0.05, 0.1) is 18.6 Å². The van der Waals surface area contributed by atoms with E-state index in [9.17, 15) is 25.2 Å². The summed E-state index contributed by atoms with van der Waals surface area (Å²) in [6.07, 6.45) is -3.97. The number of hydrogen-bond acceptors (Lipinski definition) is 7. The minimum absolute atomic E-state index is 0.105. The van der Waals surface area contributed by atoms with Crippen LogP contribution in [0.5, 0.6) is 0 Å². The molecule has 0 aromatic heterocycles. The molecule has 0 aromatic rings. The van der Waals surface area contributed by atoms with Crippen LogP contribution >= 0.6 is 0 Å². The summed E-state index contributed by atoms with van der Waals surface area (Å²) in [6, 6.07) is 0. The third-order valence-electron chi connectivity index (χ3n) is 5.29. The van der Waals surface area contributed by atoms with Gasteiger partial charge in [-0.05, 0) is 39.5 Å². The summed E-state index contributed by atoms with van der Waals surface area (Å²) in [4.78, 5) is 12.8. The molecule has 1 saturated heterocycles. The van der Waals surface area contributed by atoms with Gasteiger partial charge in [-0.3, -0.25) is 4.79 Å². The standard InChI is InChI=1S/C19H35NO7/c1-10-6-5-7-11(17(25)20-19(2,3)4)12(8-10)26-18-16(24)15(23)14(22)13(9-21)27-18/h10-16,18,21-24H,5-9H2,1-4H3,(H,20,25). The summed E-state index contributed by atoms with van der Waals surface area (Å²) in [6.45, 7) is 7.32. The van der Waals surface area contributed by atoms with E-state index in [1.165, 1.54) is 0 Å². The van der Waals surface area contributed by atoms with Crippen LogP contribution in [0, 0.1) is 11.8 Å². The van der Waals surface area contributed by atoms with E-state index in [0.717, 1.165) is 12.8 Å². The van der Waals surface area contributed by atoms with Crippen molar-refractivity contribution in [3.05, 3.63) is 0 Å². The number of hydrogen-bond donors (Lipinski definition) is 5. The van der Waals surface area contributed by atoms with Gasteiger partial charge in [0.15, 0.2) is 6.29 Å².